The van der Waals surface area contributed by atoms with Gasteiger partial charge in [-0.05, 0) is 38.1 Å². The van der Waals surface area contributed by atoms with Crippen LogP contribution in [-0.4, -0.2) is 48.7 Å². The molecule has 2 rings (SSSR count). The van der Waals surface area contributed by atoms with Crippen LogP contribution >= 0.6 is 0 Å². The zero-order valence-electron chi connectivity index (χ0n) is 13.0. The first-order valence-corrected chi connectivity index (χ1v) is 7.47. The third-order valence-electron chi connectivity index (χ3n) is 3.62. The number of hydrogen-bond acceptors (Lipinski definition) is 6. The van der Waals surface area contributed by atoms with Crippen LogP contribution in [0.2, 0.25) is 0 Å². The molecule has 0 unspecified atom stereocenters. The minimum Gasteiger partial charge on any atom is -0.490 e. The standard InChI is InChI=1S/C15H20N4O4/c1-23-14-6-5-12(9-13(14)19(21)22)10-16-17-15(20)11-18-7-3-2-4-8-18/h5-6,9-10H,2-4,7-8,11H2,1H3,(H,17,20)/b16-10+. The van der Waals surface area contributed by atoms with E-state index in [1.807, 2.05) is 0 Å². The maximum absolute atomic E-state index is 11.8. The van der Waals surface area contributed by atoms with Crippen LogP contribution in [-0.2, 0) is 4.79 Å². The van der Waals surface area contributed by atoms with Gasteiger partial charge in [0.15, 0.2) is 5.75 Å². The fourth-order valence-corrected chi connectivity index (χ4v) is 2.46. The van der Waals surface area contributed by atoms with Gasteiger partial charge in [-0.1, -0.05) is 6.42 Å². The number of nitro benzene ring substituents is 1. The molecule has 8 heteroatoms. The lowest BCUT2D eigenvalue weighted by atomic mass is 10.1. The van der Waals surface area contributed by atoms with Crippen LogP contribution in [0, 0.1) is 10.1 Å². The van der Waals surface area contributed by atoms with Gasteiger partial charge in [0.1, 0.15) is 0 Å². The zero-order valence-corrected chi connectivity index (χ0v) is 13.0. The summed E-state index contributed by atoms with van der Waals surface area (Å²) in [5.74, 6) is -0.00699. The van der Waals surface area contributed by atoms with Gasteiger partial charge in [-0.3, -0.25) is 19.8 Å². The van der Waals surface area contributed by atoms with E-state index in [9.17, 15) is 14.9 Å². The molecule has 1 N–H and O–H groups in total. The van der Waals surface area contributed by atoms with Crippen molar-refractivity contribution in [1.29, 1.82) is 0 Å². The highest BCUT2D eigenvalue weighted by Gasteiger charge is 2.15. The lowest BCUT2D eigenvalue weighted by Gasteiger charge is -2.25. The van der Waals surface area contributed by atoms with Crippen molar-refractivity contribution in [1.82, 2.24) is 10.3 Å². The van der Waals surface area contributed by atoms with E-state index >= 15 is 0 Å². The highest BCUT2D eigenvalue weighted by atomic mass is 16.6. The van der Waals surface area contributed by atoms with Crippen molar-refractivity contribution in [3.63, 3.8) is 0 Å². The summed E-state index contributed by atoms with van der Waals surface area (Å²) in [6.07, 6.45) is 4.82. The number of nitro groups is 1. The van der Waals surface area contributed by atoms with Gasteiger partial charge >= 0.3 is 5.69 Å². The minimum atomic E-state index is -0.523. The molecule has 23 heavy (non-hydrogen) atoms. The van der Waals surface area contributed by atoms with Crippen molar-refractivity contribution < 1.29 is 14.5 Å². The van der Waals surface area contributed by atoms with Crippen molar-refractivity contribution in [2.24, 2.45) is 5.10 Å². The Labute approximate surface area is 134 Å². The Bertz CT molecular complexity index is 597. The molecule has 1 aromatic carbocycles. The maximum atomic E-state index is 11.8. The Hall–Kier alpha value is -2.48. The number of rotatable bonds is 6. The molecule has 124 valence electrons. The Kier molecular flexibility index (Phi) is 6.04. The fraction of sp³-hybridized carbons (Fsp3) is 0.467. The number of amides is 1. The van der Waals surface area contributed by atoms with Gasteiger partial charge in [0.25, 0.3) is 5.91 Å². The Balaban J connectivity index is 1.90. The van der Waals surface area contributed by atoms with Crippen LogP contribution in [0.4, 0.5) is 5.69 Å². The number of benzene rings is 1. The number of hydrogen-bond donors (Lipinski definition) is 1. The smallest absolute Gasteiger partial charge is 0.311 e. The van der Waals surface area contributed by atoms with Gasteiger partial charge in [-0.25, -0.2) is 5.43 Å². The van der Waals surface area contributed by atoms with Gasteiger partial charge in [-0.2, -0.15) is 5.10 Å². The number of ether oxygens (including phenoxy) is 1. The summed E-state index contributed by atoms with van der Waals surface area (Å²) in [5.41, 5.74) is 2.81. The molecule has 0 atom stereocenters. The quantitative estimate of drug-likeness (QED) is 0.487. The molecule has 0 spiro atoms. The second kappa shape index (κ2) is 8.23. The number of carbonyl (C=O) groups excluding carboxylic acids is 1. The van der Waals surface area contributed by atoms with Gasteiger partial charge in [0.05, 0.1) is 24.8 Å². The Morgan fingerprint density at radius 1 is 1.43 bits per heavy atom. The monoisotopic (exact) mass is 320 g/mol. The number of nitrogens with zero attached hydrogens (tertiary/aromatic N) is 3. The predicted molar refractivity (Wildman–Crippen MR) is 85.7 cm³/mol. The summed E-state index contributed by atoms with van der Waals surface area (Å²) in [4.78, 5) is 24.3. The number of hydrazone groups is 1. The minimum absolute atomic E-state index is 0.143. The molecule has 1 fully saturated rings. The Morgan fingerprint density at radius 2 is 2.17 bits per heavy atom. The summed E-state index contributed by atoms with van der Waals surface area (Å²) in [7, 11) is 1.37. The average molecular weight is 320 g/mol. The molecule has 1 aromatic rings. The molecule has 1 aliphatic rings. The molecule has 0 saturated carbocycles. The lowest BCUT2D eigenvalue weighted by Crippen LogP contribution is -2.38. The van der Waals surface area contributed by atoms with E-state index < -0.39 is 4.92 Å². The summed E-state index contributed by atoms with van der Waals surface area (Å²) in [6.45, 7) is 2.18. The van der Waals surface area contributed by atoms with Crippen LogP contribution in [0.25, 0.3) is 0 Å². The van der Waals surface area contributed by atoms with E-state index in [2.05, 4.69) is 15.4 Å². The number of nitrogens with one attached hydrogen (secondary N) is 1. The van der Waals surface area contributed by atoms with Crippen molar-refractivity contribution in [2.75, 3.05) is 26.7 Å². The summed E-state index contributed by atoms with van der Waals surface area (Å²) in [6, 6.07) is 4.47. The molecule has 1 aliphatic heterocycles. The number of piperidine rings is 1. The zero-order chi connectivity index (χ0) is 16.7. The molecular formula is C15H20N4O4. The summed E-state index contributed by atoms with van der Waals surface area (Å²) >= 11 is 0. The fourth-order valence-electron chi connectivity index (χ4n) is 2.46. The van der Waals surface area contributed by atoms with E-state index in [4.69, 9.17) is 4.74 Å². The van der Waals surface area contributed by atoms with Crippen LogP contribution in [0.5, 0.6) is 5.75 Å². The molecule has 8 nitrogen and oxygen atoms in total. The van der Waals surface area contributed by atoms with Crippen molar-refractivity contribution >= 4 is 17.8 Å². The van der Waals surface area contributed by atoms with Crippen molar-refractivity contribution in [2.45, 2.75) is 19.3 Å². The first-order chi connectivity index (χ1) is 11.1. The maximum Gasteiger partial charge on any atom is 0.311 e. The molecule has 0 bridgehead atoms. The molecule has 1 amide bonds. The number of likely N-dealkylation sites (tertiary alicyclic amines) is 1. The highest BCUT2D eigenvalue weighted by Crippen LogP contribution is 2.26. The van der Waals surface area contributed by atoms with Crippen LogP contribution in [0.15, 0.2) is 23.3 Å². The largest absolute Gasteiger partial charge is 0.490 e. The topological polar surface area (TPSA) is 97.1 Å². The first-order valence-electron chi connectivity index (χ1n) is 7.47. The molecule has 0 aromatic heterocycles. The van der Waals surface area contributed by atoms with E-state index in [0.717, 1.165) is 25.9 Å². The van der Waals surface area contributed by atoms with Gasteiger partial charge in [0.2, 0.25) is 0 Å². The molecular weight excluding hydrogens is 300 g/mol. The van der Waals surface area contributed by atoms with Crippen LogP contribution in [0.1, 0.15) is 24.8 Å². The first kappa shape index (κ1) is 16.9. The Morgan fingerprint density at radius 3 is 2.83 bits per heavy atom. The van der Waals surface area contributed by atoms with E-state index in [0.29, 0.717) is 12.1 Å². The molecule has 0 radical (unpaired) electrons. The lowest BCUT2D eigenvalue weighted by molar-refractivity contribution is -0.385. The highest BCUT2D eigenvalue weighted by molar-refractivity contribution is 5.84. The van der Waals surface area contributed by atoms with Crippen LogP contribution in [0.3, 0.4) is 0 Å². The van der Waals surface area contributed by atoms with Gasteiger partial charge < -0.3 is 4.74 Å². The van der Waals surface area contributed by atoms with E-state index in [-0.39, 0.29) is 17.3 Å². The summed E-state index contributed by atoms with van der Waals surface area (Å²) in [5, 5.41) is 14.8. The third kappa shape index (κ3) is 5.03. The van der Waals surface area contributed by atoms with Crippen LogP contribution < -0.4 is 10.2 Å². The SMILES string of the molecule is COc1ccc(/C=N/NC(=O)CN2CCCCC2)cc1[N+](=O)[O-]. The number of carbonyl (C=O) groups is 1. The summed E-state index contributed by atoms with van der Waals surface area (Å²) < 4.78 is 4.93. The molecule has 0 aliphatic carbocycles. The van der Waals surface area contributed by atoms with Gasteiger partial charge in [0, 0.05) is 11.6 Å². The normalized spacial score (nSPS) is 15.5. The van der Waals surface area contributed by atoms with Crippen molar-refractivity contribution in [3.8, 4) is 5.75 Å². The average Bonchev–Trinajstić information content (AvgIpc) is 2.55. The molecule has 1 heterocycles. The second-order valence-electron chi connectivity index (χ2n) is 5.32. The third-order valence-corrected chi connectivity index (χ3v) is 3.62. The number of methoxy groups -OCH3 is 1. The van der Waals surface area contributed by atoms with E-state index in [1.165, 1.54) is 31.9 Å². The van der Waals surface area contributed by atoms with Crippen molar-refractivity contribution in [3.05, 3.63) is 33.9 Å². The predicted octanol–water partition coefficient (Wildman–Crippen LogP) is 1.54. The second-order valence-corrected chi connectivity index (χ2v) is 5.32. The molecule has 1 saturated heterocycles. The van der Waals surface area contributed by atoms with Gasteiger partial charge in [-0.15, -0.1) is 0 Å². The van der Waals surface area contributed by atoms with E-state index in [1.54, 1.807) is 6.07 Å².